The third-order valence-corrected chi connectivity index (χ3v) is 4.91. The van der Waals surface area contributed by atoms with E-state index in [0.717, 1.165) is 18.8 Å². The summed E-state index contributed by atoms with van der Waals surface area (Å²) in [6, 6.07) is 0. The van der Waals surface area contributed by atoms with Crippen molar-refractivity contribution in [1.29, 1.82) is 0 Å². The highest BCUT2D eigenvalue weighted by molar-refractivity contribution is 7.90. The van der Waals surface area contributed by atoms with Crippen molar-refractivity contribution in [3.05, 3.63) is 23.8 Å². The molecule has 2 rings (SSSR count). The van der Waals surface area contributed by atoms with Crippen molar-refractivity contribution in [3.8, 4) is 0 Å². The zero-order valence-corrected chi connectivity index (χ0v) is 11.2. The maximum atomic E-state index is 12.0. The van der Waals surface area contributed by atoms with E-state index in [1.165, 1.54) is 0 Å². The molecule has 1 fully saturated rings. The fourth-order valence-electron chi connectivity index (χ4n) is 1.91. The van der Waals surface area contributed by atoms with Crippen molar-refractivity contribution < 1.29 is 8.42 Å². The predicted molar refractivity (Wildman–Crippen MR) is 68.4 cm³/mol. The number of hydrogen-bond donors (Lipinski definition) is 2. The van der Waals surface area contributed by atoms with Crippen molar-refractivity contribution in [2.24, 2.45) is 0 Å². The average Bonchev–Trinajstić information content (AvgIpc) is 2.39. The number of aromatic nitrogens is 2. The average molecular weight is 270 g/mol. The van der Waals surface area contributed by atoms with Gasteiger partial charge < -0.3 is 5.32 Å². The molecule has 0 aliphatic carbocycles. The lowest BCUT2D eigenvalue weighted by molar-refractivity contribution is 0.489. The van der Waals surface area contributed by atoms with Crippen molar-refractivity contribution in [1.82, 2.24) is 20.0 Å². The molecule has 0 atom stereocenters. The van der Waals surface area contributed by atoms with E-state index in [-0.39, 0.29) is 11.8 Å². The van der Waals surface area contributed by atoms with Crippen molar-refractivity contribution in [2.45, 2.75) is 31.6 Å². The normalized spacial score (nSPS) is 17.8. The summed E-state index contributed by atoms with van der Waals surface area (Å²) in [4.78, 5) is 8.21. The number of nitrogens with one attached hydrogen (secondary N) is 2. The largest absolute Gasteiger partial charge is 0.317 e. The Labute approximate surface area is 107 Å². The molecule has 18 heavy (non-hydrogen) atoms. The van der Waals surface area contributed by atoms with Crippen LogP contribution >= 0.6 is 0 Å². The van der Waals surface area contributed by atoms with Crippen LogP contribution in [0.15, 0.2) is 12.4 Å². The summed E-state index contributed by atoms with van der Waals surface area (Å²) in [5.41, 5.74) is 1.46. The smallest absolute Gasteiger partial charge is 0.214 e. The summed E-state index contributed by atoms with van der Waals surface area (Å²) in [5, 5.41) is 2.86. The summed E-state index contributed by atoms with van der Waals surface area (Å²) in [6.07, 6.45) is 4.55. The molecule has 2 N–H and O–H groups in total. The van der Waals surface area contributed by atoms with Gasteiger partial charge in [-0.15, -0.1) is 0 Å². The third kappa shape index (κ3) is 3.47. The van der Waals surface area contributed by atoms with Gasteiger partial charge in [-0.25, -0.2) is 13.1 Å². The molecule has 0 aromatic carbocycles. The summed E-state index contributed by atoms with van der Waals surface area (Å²) in [7, 11) is -3.25. The molecule has 0 unspecified atom stereocenters. The quantitative estimate of drug-likeness (QED) is 0.802. The maximum absolute atomic E-state index is 12.0. The van der Waals surface area contributed by atoms with Gasteiger partial charge in [0.1, 0.15) is 0 Å². The minimum absolute atomic E-state index is 0.208. The lowest BCUT2D eigenvalue weighted by Crippen LogP contribution is -2.41. The molecular formula is C11H18N4O2S. The number of nitrogens with zero attached hydrogens (tertiary/aromatic N) is 2. The highest BCUT2D eigenvalue weighted by Gasteiger charge is 2.26. The SMILES string of the molecule is Cc1cnc(CNS(=O)(=O)C2CCNCC2)cn1. The van der Waals surface area contributed by atoms with Gasteiger partial charge in [0.15, 0.2) is 0 Å². The molecule has 0 bridgehead atoms. The first-order valence-corrected chi connectivity index (χ1v) is 7.59. The highest BCUT2D eigenvalue weighted by Crippen LogP contribution is 2.12. The molecule has 0 radical (unpaired) electrons. The van der Waals surface area contributed by atoms with Crippen LogP contribution < -0.4 is 10.0 Å². The molecule has 1 aliphatic rings. The van der Waals surface area contributed by atoms with Crippen LogP contribution in [0, 0.1) is 6.92 Å². The topological polar surface area (TPSA) is 84.0 Å². The lowest BCUT2D eigenvalue weighted by atomic mass is 10.2. The zero-order valence-electron chi connectivity index (χ0n) is 10.4. The van der Waals surface area contributed by atoms with Gasteiger partial charge in [-0.05, 0) is 32.9 Å². The van der Waals surface area contributed by atoms with Gasteiger partial charge in [0.25, 0.3) is 0 Å². The molecule has 0 saturated carbocycles. The molecule has 1 aliphatic heterocycles. The molecule has 0 spiro atoms. The second-order valence-electron chi connectivity index (χ2n) is 4.46. The van der Waals surface area contributed by atoms with Gasteiger partial charge in [0, 0.05) is 6.20 Å². The van der Waals surface area contributed by atoms with E-state index < -0.39 is 10.0 Å². The monoisotopic (exact) mass is 270 g/mol. The van der Waals surface area contributed by atoms with Gasteiger partial charge in [0.2, 0.25) is 10.0 Å². The van der Waals surface area contributed by atoms with Crippen LogP contribution in [0.25, 0.3) is 0 Å². The van der Waals surface area contributed by atoms with Crippen LogP contribution in [0.5, 0.6) is 0 Å². The van der Waals surface area contributed by atoms with Crippen molar-refractivity contribution in [2.75, 3.05) is 13.1 Å². The lowest BCUT2D eigenvalue weighted by Gasteiger charge is -2.22. The second kappa shape index (κ2) is 5.73. The molecule has 6 nitrogen and oxygen atoms in total. The Hall–Kier alpha value is -1.05. The summed E-state index contributed by atoms with van der Waals surface area (Å²) in [5.74, 6) is 0. The van der Waals surface area contributed by atoms with Crippen LogP contribution in [-0.2, 0) is 16.6 Å². The first kappa shape index (κ1) is 13.4. The summed E-state index contributed by atoms with van der Waals surface area (Å²) in [6.45, 7) is 3.57. The van der Waals surface area contributed by atoms with Crippen LogP contribution in [0.4, 0.5) is 0 Å². The van der Waals surface area contributed by atoms with Gasteiger partial charge in [0.05, 0.1) is 29.4 Å². The molecule has 7 heteroatoms. The molecule has 100 valence electrons. The Morgan fingerprint density at radius 2 is 2.06 bits per heavy atom. The van der Waals surface area contributed by atoms with Crippen molar-refractivity contribution >= 4 is 10.0 Å². The van der Waals surface area contributed by atoms with Crippen LogP contribution in [-0.4, -0.2) is 36.7 Å². The first-order chi connectivity index (χ1) is 8.58. The molecule has 1 aromatic heterocycles. The van der Waals surface area contributed by atoms with Crippen LogP contribution in [0.3, 0.4) is 0 Å². The Bertz CT molecular complexity index is 480. The molecule has 1 saturated heterocycles. The first-order valence-electron chi connectivity index (χ1n) is 6.04. The van der Waals surface area contributed by atoms with E-state index >= 15 is 0 Å². The molecular weight excluding hydrogens is 252 g/mol. The minimum Gasteiger partial charge on any atom is -0.317 e. The van der Waals surface area contributed by atoms with Gasteiger partial charge in [-0.3, -0.25) is 9.97 Å². The second-order valence-corrected chi connectivity index (χ2v) is 6.51. The number of aryl methyl sites for hydroxylation is 1. The van der Waals surface area contributed by atoms with Gasteiger partial charge in [-0.1, -0.05) is 0 Å². The maximum Gasteiger partial charge on any atom is 0.214 e. The number of sulfonamides is 1. The van der Waals surface area contributed by atoms with E-state index in [2.05, 4.69) is 20.0 Å². The predicted octanol–water partition coefficient (Wildman–Crippen LogP) is -0.0436. The van der Waals surface area contributed by atoms with E-state index in [4.69, 9.17) is 0 Å². The molecule has 1 aromatic rings. The Morgan fingerprint density at radius 3 is 2.67 bits per heavy atom. The zero-order chi connectivity index (χ0) is 13.0. The Balaban J connectivity index is 1.94. The van der Waals surface area contributed by atoms with E-state index in [0.29, 0.717) is 18.5 Å². The summed E-state index contributed by atoms with van der Waals surface area (Å²) < 4.78 is 26.7. The molecule has 0 amide bonds. The highest BCUT2D eigenvalue weighted by atomic mass is 32.2. The van der Waals surface area contributed by atoms with E-state index in [9.17, 15) is 8.42 Å². The number of rotatable bonds is 4. The fourth-order valence-corrected chi connectivity index (χ4v) is 3.35. The fraction of sp³-hybridized carbons (Fsp3) is 0.636. The summed E-state index contributed by atoms with van der Waals surface area (Å²) >= 11 is 0. The molecule has 2 heterocycles. The third-order valence-electron chi connectivity index (χ3n) is 3.01. The minimum atomic E-state index is -3.25. The van der Waals surface area contributed by atoms with Crippen LogP contribution in [0.2, 0.25) is 0 Å². The standard InChI is InChI=1S/C11H18N4O2S/c1-9-6-14-10(7-13-9)8-15-18(16,17)11-2-4-12-5-3-11/h6-7,11-12,15H,2-5,8H2,1H3. The van der Waals surface area contributed by atoms with Gasteiger partial charge in [-0.2, -0.15) is 0 Å². The van der Waals surface area contributed by atoms with Crippen LogP contribution in [0.1, 0.15) is 24.2 Å². The Kier molecular flexibility index (Phi) is 4.26. The Morgan fingerprint density at radius 1 is 1.33 bits per heavy atom. The van der Waals surface area contributed by atoms with Gasteiger partial charge >= 0.3 is 0 Å². The van der Waals surface area contributed by atoms with E-state index in [1.54, 1.807) is 12.4 Å². The number of hydrogen-bond acceptors (Lipinski definition) is 5. The van der Waals surface area contributed by atoms with E-state index in [1.807, 2.05) is 6.92 Å². The number of piperidine rings is 1. The van der Waals surface area contributed by atoms with Crippen molar-refractivity contribution in [3.63, 3.8) is 0 Å².